The van der Waals surface area contributed by atoms with Crippen LogP contribution in [0.2, 0.25) is 0 Å². The maximum absolute atomic E-state index is 6.03. The number of aromatic nitrogens is 3. The van der Waals surface area contributed by atoms with Crippen molar-refractivity contribution >= 4 is 23.0 Å². The standard InChI is InChI=1S/C32H29N5OS/c1-21-12-17-29(34-20-21)36-22(2)19-27(23(36)3)31-30(28-11-7-8-18-33-28)35-32(39)37(31)24-13-15-26(16-14-24)38-25-9-5-4-6-10-25/h4-20,30-31H,1-3H3,(H,35,39)/t30-,31+/m0/s1. The number of aryl methyl sites for hydroxylation is 2. The summed E-state index contributed by atoms with van der Waals surface area (Å²) in [6, 6.07) is 30.0. The molecule has 6 nitrogen and oxygen atoms in total. The first-order chi connectivity index (χ1) is 19.0. The predicted molar refractivity (Wildman–Crippen MR) is 159 cm³/mol. The first kappa shape index (κ1) is 24.8. The van der Waals surface area contributed by atoms with Gasteiger partial charge >= 0.3 is 0 Å². The molecular weight excluding hydrogens is 502 g/mol. The van der Waals surface area contributed by atoms with E-state index < -0.39 is 0 Å². The quantitative estimate of drug-likeness (QED) is 0.235. The third-order valence-electron chi connectivity index (χ3n) is 7.11. The molecule has 0 bridgehead atoms. The summed E-state index contributed by atoms with van der Waals surface area (Å²) in [5, 5.41) is 4.22. The highest BCUT2D eigenvalue weighted by Crippen LogP contribution is 2.44. The van der Waals surface area contributed by atoms with Gasteiger partial charge in [-0.2, -0.15) is 0 Å². The summed E-state index contributed by atoms with van der Waals surface area (Å²) < 4.78 is 8.24. The summed E-state index contributed by atoms with van der Waals surface area (Å²) >= 11 is 5.94. The van der Waals surface area contributed by atoms with Crippen molar-refractivity contribution in [2.45, 2.75) is 32.9 Å². The second-order valence-corrected chi connectivity index (χ2v) is 10.1. The Hall–Kier alpha value is -4.49. The van der Waals surface area contributed by atoms with E-state index in [4.69, 9.17) is 26.9 Å². The molecule has 7 heteroatoms. The highest BCUT2D eigenvalue weighted by Gasteiger charge is 2.42. The van der Waals surface area contributed by atoms with Crippen LogP contribution in [0.4, 0.5) is 5.69 Å². The lowest BCUT2D eigenvalue weighted by Crippen LogP contribution is -2.29. The van der Waals surface area contributed by atoms with Crippen molar-refractivity contribution in [1.82, 2.24) is 19.9 Å². The lowest BCUT2D eigenvalue weighted by atomic mass is 9.96. The Kier molecular flexibility index (Phi) is 6.59. The van der Waals surface area contributed by atoms with E-state index >= 15 is 0 Å². The molecule has 1 N–H and O–H groups in total. The van der Waals surface area contributed by atoms with E-state index in [0.29, 0.717) is 5.11 Å². The summed E-state index contributed by atoms with van der Waals surface area (Å²) in [6.45, 7) is 6.32. The van der Waals surface area contributed by atoms with Crippen LogP contribution in [-0.2, 0) is 0 Å². The van der Waals surface area contributed by atoms with E-state index in [-0.39, 0.29) is 12.1 Å². The van der Waals surface area contributed by atoms with Crippen molar-refractivity contribution in [1.29, 1.82) is 0 Å². The smallest absolute Gasteiger partial charge is 0.174 e. The van der Waals surface area contributed by atoms with Gasteiger partial charge in [-0.1, -0.05) is 30.3 Å². The van der Waals surface area contributed by atoms with Gasteiger partial charge in [0.05, 0.1) is 17.8 Å². The molecule has 6 rings (SSSR count). The number of thiocarbonyl (C=S) groups is 1. The zero-order valence-corrected chi connectivity index (χ0v) is 22.9. The number of para-hydroxylation sites is 1. The Morgan fingerprint density at radius 2 is 1.56 bits per heavy atom. The van der Waals surface area contributed by atoms with Crippen LogP contribution in [0.5, 0.6) is 11.5 Å². The molecule has 4 heterocycles. The minimum Gasteiger partial charge on any atom is -0.457 e. The van der Waals surface area contributed by atoms with Crippen molar-refractivity contribution in [2.24, 2.45) is 0 Å². The molecule has 0 radical (unpaired) electrons. The van der Waals surface area contributed by atoms with E-state index in [1.54, 1.807) is 0 Å². The zero-order valence-electron chi connectivity index (χ0n) is 22.1. The van der Waals surface area contributed by atoms with Gasteiger partial charge in [-0.05, 0) is 105 Å². The van der Waals surface area contributed by atoms with Crippen molar-refractivity contribution in [2.75, 3.05) is 4.90 Å². The average Bonchev–Trinajstić information content (AvgIpc) is 3.45. The van der Waals surface area contributed by atoms with Gasteiger partial charge in [0.25, 0.3) is 0 Å². The Morgan fingerprint density at radius 3 is 2.26 bits per heavy atom. The highest BCUT2D eigenvalue weighted by atomic mass is 32.1. The molecule has 39 heavy (non-hydrogen) atoms. The monoisotopic (exact) mass is 531 g/mol. The zero-order chi connectivity index (χ0) is 26.9. The Bertz CT molecular complexity index is 1600. The molecule has 0 amide bonds. The summed E-state index contributed by atoms with van der Waals surface area (Å²) in [7, 11) is 0. The molecule has 0 aliphatic carbocycles. The lowest BCUT2D eigenvalue weighted by Gasteiger charge is -2.28. The summed E-state index contributed by atoms with van der Waals surface area (Å²) in [4.78, 5) is 11.6. The average molecular weight is 532 g/mol. The van der Waals surface area contributed by atoms with Crippen LogP contribution in [0.3, 0.4) is 0 Å². The molecule has 5 aromatic rings. The number of pyridine rings is 2. The number of nitrogens with zero attached hydrogens (tertiary/aromatic N) is 4. The van der Waals surface area contributed by atoms with Crippen LogP contribution in [-0.4, -0.2) is 19.6 Å². The number of rotatable bonds is 6. The summed E-state index contributed by atoms with van der Waals surface area (Å²) in [5.74, 6) is 2.47. The first-order valence-corrected chi connectivity index (χ1v) is 13.4. The van der Waals surface area contributed by atoms with Gasteiger partial charge in [-0.3, -0.25) is 4.98 Å². The van der Waals surface area contributed by atoms with Crippen LogP contribution in [0.1, 0.15) is 40.3 Å². The molecule has 1 aliphatic rings. The number of benzene rings is 2. The summed E-state index contributed by atoms with van der Waals surface area (Å²) in [6.07, 6.45) is 3.73. The fraction of sp³-hybridized carbons (Fsp3) is 0.156. The number of anilines is 1. The molecule has 1 saturated heterocycles. The topological polar surface area (TPSA) is 55.2 Å². The van der Waals surface area contributed by atoms with Gasteiger partial charge in [0, 0.05) is 29.5 Å². The molecule has 0 spiro atoms. The Labute approximate surface area is 233 Å². The Morgan fingerprint density at radius 1 is 0.821 bits per heavy atom. The van der Waals surface area contributed by atoms with Crippen LogP contribution >= 0.6 is 12.2 Å². The molecule has 2 aromatic carbocycles. The SMILES string of the molecule is Cc1ccc(-n2c(C)cc([C@@H]3[C@H](c4ccccn4)NC(=S)N3c3ccc(Oc4ccccc4)cc3)c2C)nc1. The largest absolute Gasteiger partial charge is 0.457 e. The van der Waals surface area contributed by atoms with E-state index in [1.165, 1.54) is 5.56 Å². The fourth-order valence-electron chi connectivity index (χ4n) is 5.28. The maximum Gasteiger partial charge on any atom is 0.174 e. The molecule has 194 valence electrons. The first-order valence-electron chi connectivity index (χ1n) is 12.9. The van der Waals surface area contributed by atoms with Crippen LogP contribution in [0, 0.1) is 20.8 Å². The number of hydrogen-bond donors (Lipinski definition) is 1. The second kappa shape index (κ2) is 10.3. The molecule has 1 fully saturated rings. The highest BCUT2D eigenvalue weighted by molar-refractivity contribution is 7.80. The Balaban J connectivity index is 1.41. The minimum absolute atomic E-state index is 0.112. The van der Waals surface area contributed by atoms with Gasteiger partial charge in [-0.25, -0.2) is 4.98 Å². The van der Waals surface area contributed by atoms with Gasteiger partial charge in [0.2, 0.25) is 0 Å². The van der Waals surface area contributed by atoms with Gasteiger partial charge < -0.3 is 19.5 Å². The van der Waals surface area contributed by atoms with E-state index in [1.807, 2.05) is 80.0 Å². The van der Waals surface area contributed by atoms with Crippen molar-refractivity contribution < 1.29 is 4.74 Å². The normalized spacial score (nSPS) is 16.8. The van der Waals surface area contributed by atoms with Crippen LogP contribution in [0.15, 0.2) is 103 Å². The van der Waals surface area contributed by atoms with Crippen LogP contribution in [0.25, 0.3) is 5.82 Å². The lowest BCUT2D eigenvalue weighted by molar-refractivity contribution is 0.482. The molecule has 2 atom stereocenters. The van der Waals surface area contributed by atoms with Crippen LogP contribution < -0.4 is 15.0 Å². The van der Waals surface area contributed by atoms with Crippen molar-refractivity contribution in [3.05, 3.63) is 132 Å². The van der Waals surface area contributed by atoms with E-state index in [0.717, 1.165) is 45.6 Å². The number of hydrogen-bond acceptors (Lipinski definition) is 4. The van der Waals surface area contributed by atoms with Gasteiger partial charge in [-0.15, -0.1) is 0 Å². The number of nitrogens with one attached hydrogen (secondary N) is 1. The maximum atomic E-state index is 6.03. The third-order valence-corrected chi connectivity index (χ3v) is 7.42. The predicted octanol–water partition coefficient (Wildman–Crippen LogP) is 7.16. The molecule has 1 aliphatic heterocycles. The van der Waals surface area contributed by atoms with Gasteiger partial charge in [0.1, 0.15) is 17.3 Å². The van der Waals surface area contributed by atoms with Gasteiger partial charge in [0.15, 0.2) is 5.11 Å². The second-order valence-electron chi connectivity index (χ2n) is 9.76. The minimum atomic E-state index is -0.126. The third kappa shape index (κ3) is 4.77. The van der Waals surface area contributed by atoms with E-state index in [9.17, 15) is 0 Å². The fourth-order valence-corrected chi connectivity index (χ4v) is 5.63. The van der Waals surface area contributed by atoms with Crippen molar-refractivity contribution in [3.63, 3.8) is 0 Å². The van der Waals surface area contributed by atoms with E-state index in [2.05, 4.69) is 59.0 Å². The number of ether oxygens (including phenoxy) is 1. The molecule has 3 aromatic heterocycles. The molecule has 0 saturated carbocycles. The summed E-state index contributed by atoms with van der Waals surface area (Å²) in [5.41, 5.74) is 6.46. The van der Waals surface area contributed by atoms with Crippen molar-refractivity contribution in [3.8, 4) is 17.3 Å². The molecule has 0 unspecified atom stereocenters. The molecular formula is C32H29N5OS.